The first-order valence-electron chi connectivity index (χ1n) is 9.20. The summed E-state index contributed by atoms with van der Waals surface area (Å²) in [5.74, 6) is 0.648. The van der Waals surface area contributed by atoms with Crippen LogP contribution in [0.15, 0.2) is 11.0 Å². The first-order valence-corrected chi connectivity index (χ1v) is 9.20. The van der Waals surface area contributed by atoms with Crippen molar-refractivity contribution in [1.82, 2.24) is 19.8 Å². The van der Waals surface area contributed by atoms with Crippen LogP contribution in [0.4, 0.5) is 0 Å². The number of aryl methyl sites for hydroxylation is 1. The zero-order valence-electron chi connectivity index (χ0n) is 14.6. The highest BCUT2D eigenvalue weighted by atomic mass is 16.2. The smallest absolute Gasteiger partial charge is 0.254 e. The first-order chi connectivity index (χ1) is 11.6. The molecule has 1 amide bonds. The molecule has 132 valence electrons. The lowest BCUT2D eigenvalue weighted by Crippen LogP contribution is -2.46. The van der Waals surface area contributed by atoms with Gasteiger partial charge in [-0.2, -0.15) is 0 Å². The van der Waals surface area contributed by atoms with Crippen LogP contribution >= 0.6 is 0 Å². The minimum Gasteiger partial charge on any atom is -0.339 e. The van der Waals surface area contributed by atoms with Crippen molar-refractivity contribution in [1.29, 1.82) is 0 Å². The van der Waals surface area contributed by atoms with E-state index in [0.717, 1.165) is 32.4 Å². The minimum absolute atomic E-state index is 0.0669. The number of hydrogen-bond acceptors (Lipinski definition) is 4. The van der Waals surface area contributed by atoms with E-state index < -0.39 is 0 Å². The third kappa shape index (κ3) is 4.23. The van der Waals surface area contributed by atoms with Crippen molar-refractivity contribution >= 4 is 5.91 Å². The average molecular weight is 332 g/mol. The third-order valence-electron chi connectivity index (χ3n) is 5.27. The second-order valence-corrected chi connectivity index (χ2v) is 7.07. The van der Waals surface area contributed by atoms with Crippen LogP contribution in [0.1, 0.15) is 49.9 Å². The predicted molar refractivity (Wildman–Crippen MR) is 92.9 cm³/mol. The zero-order chi connectivity index (χ0) is 16.9. The number of nitrogens with one attached hydrogen (secondary N) is 1. The number of nitrogens with zero attached hydrogens (tertiary/aromatic N) is 3. The summed E-state index contributed by atoms with van der Waals surface area (Å²) in [4.78, 5) is 36.0. The summed E-state index contributed by atoms with van der Waals surface area (Å²) in [6.07, 6.45) is 8.69. The molecule has 0 aromatic carbocycles. The van der Waals surface area contributed by atoms with Crippen LogP contribution in [0.2, 0.25) is 0 Å². The largest absolute Gasteiger partial charge is 0.339 e. The Labute approximate surface area is 143 Å². The van der Waals surface area contributed by atoms with Gasteiger partial charge in [-0.25, -0.2) is 4.98 Å². The molecule has 6 nitrogen and oxygen atoms in total. The third-order valence-corrected chi connectivity index (χ3v) is 5.27. The van der Waals surface area contributed by atoms with Gasteiger partial charge < -0.3 is 14.8 Å². The molecule has 2 saturated heterocycles. The Morgan fingerprint density at radius 2 is 2.00 bits per heavy atom. The van der Waals surface area contributed by atoms with Crippen LogP contribution in [-0.2, 0) is 11.2 Å². The van der Waals surface area contributed by atoms with Gasteiger partial charge in [-0.15, -0.1) is 0 Å². The molecule has 0 radical (unpaired) electrons. The highest BCUT2D eigenvalue weighted by Crippen LogP contribution is 2.21. The molecule has 2 aliphatic heterocycles. The Morgan fingerprint density at radius 3 is 2.75 bits per heavy atom. The molecule has 1 aromatic rings. The topological polar surface area (TPSA) is 69.3 Å². The van der Waals surface area contributed by atoms with Gasteiger partial charge in [-0.3, -0.25) is 9.59 Å². The van der Waals surface area contributed by atoms with E-state index in [1.807, 2.05) is 4.90 Å². The molecule has 3 heterocycles. The second-order valence-electron chi connectivity index (χ2n) is 7.07. The van der Waals surface area contributed by atoms with E-state index in [4.69, 9.17) is 0 Å². The van der Waals surface area contributed by atoms with Crippen molar-refractivity contribution in [2.75, 3.05) is 26.2 Å². The summed E-state index contributed by atoms with van der Waals surface area (Å²) < 4.78 is 0. The average Bonchev–Trinajstić information content (AvgIpc) is 3.09. The normalized spacial score (nSPS) is 22.0. The summed E-state index contributed by atoms with van der Waals surface area (Å²) in [7, 11) is 0. The van der Waals surface area contributed by atoms with Gasteiger partial charge in [0.25, 0.3) is 5.56 Å². The Balaban J connectivity index is 1.60. The van der Waals surface area contributed by atoms with Crippen LogP contribution in [0, 0.1) is 6.92 Å². The lowest BCUT2D eigenvalue weighted by Gasteiger charge is -2.36. The van der Waals surface area contributed by atoms with Gasteiger partial charge in [0.15, 0.2) is 0 Å². The van der Waals surface area contributed by atoms with E-state index in [1.165, 1.54) is 38.5 Å². The molecule has 3 rings (SSSR count). The summed E-state index contributed by atoms with van der Waals surface area (Å²) in [6, 6.07) is 0.323. The van der Waals surface area contributed by atoms with E-state index in [0.29, 0.717) is 17.4 Å². The number of likely N-dealkylation sites (tertiary alicyclic amines) is 2. The number of carbonyl (C=O) groups is 1. The zero-order valence-corrected chi connectivity index (χ0v) is 14.6. The van der Waals surface area contributed by atoms with E-state index >= 15 is 0 Å². The van der Waals surface area contributed by atoms with Gasteiger partial charge in [0.1, 0.15) is 5.82 Å². The van der Waals surface area contributed by atoms with Gasteiger partial charge in [0, 0.05) is 30.9 Å². The molecule has 0 saturated carbocycles. The molecular formula is C18H28N4O2. The van der Waals surface area contributed by atoms with E-state index in [9.17, 15) is 9.59 Å². The maximum Gasteiger partial charge on any atom is 0.254 e. The van der Waals surface area contributed by atoms with Gasteiger partial charge in [-0.05, 0) is 58.5 Å². The number of amides is 1. The number of aromatic nitrogens is 2. The number of carbonyl (C=O) groups excluding carboxylic acids is 1. The van der Waals surface area contributed by atoms with E-state index in [-0.39, 0.29) is 17.9 Å². The van der Waals surface area contributed by atoms with Crippen LogP contribution in [0.25, 0.3) is 0 Å². The number of H-pyrrole nitrogens is 1. The van der Waals surface area contributed by atoms with Crippen molar-refractivity contribution in [2.45, 2.75) is 57.9 Å². The van der Waals surface area contributed by atoms with Crippen molar-refractivity contribution in [3.63, 3.8) is 0 Å². The first kappa shape index (κ1) is 17.1. The Kier molecular flexibility index (Phi) is 5.66. The molecule has 0 unspecified atom stereocenters. The molecule has 0 bridgehead atoms. The standard InChI is InChI=1S/C18H28N4O2/c1-14-19-13-15(18(24)20-14)12-17(23)22-10-3-2-6-16(22)7-11-21-8-4-5-9-21/h13,16H,2-12H2,1H3,(H,19,20,24)/t16-/m0/s1. The summed E-state index contributed by atoms with van der Waals surface area (Å²) >= 11 is 0. The fourth-order valence-corrected chi connectivity index (χ4v) is 3.87. The van der Waals surface area contributed by atoms with Crippen molar-refractivity contribution in [3.05, 3.63) is 27.9 Å². The van der Waals surface area contributed by atoms with Gasteiger partial charge >= 0.3 is 0 Å². The molecule has 6 heteroatoms. The van der Waals surface area contributed by atoms with Crippen molar-refractivity contribution in [3.8, 4) is 0 Å². The number of aromatic amines is 1. The van der Waals surface area contributed by atoms with E-state index in [2.05, 4.69) is 14.9 Å². The quantitative estimate of drug-likeness (QED) is 0.887. The van der Waals surface area contributed by atoms with Crippen LogP contribution in [-0.4, -0.2) is 57.9 Å². The highest BCUT2D eigenvalue weighted by molar-refractivity contribution is 5.79. The highest BCUT2D eigenvalue weighted by Gasteiger charge is 2.27. The second kappa shape index (κ2) is 7.92. The molecule has 2 aliphatic rings. The molecule has 0 spiro atoms. The fraction of sp³-hybridized carbons (Fsp3) is 0.722. The maximum absolute atomic E-state index is 12.7. The predicted octanol–water partition coefficient (Wildman–Crippen LogP) is 1.49. The van der Waals surface area contributed by atoms with E-state index in [1.54, 1.807) is 6.92 Å². The number of rotatable bonds is 5. The van der Waals surface area contributed by atoms with Crippen LogP contribution < -0.4 is 5.56 Å². The monoisotopic (exact) mass is 332 g/mol. The lowest BCUT2D eigenvalue weighted by molar-refractivity contribution is -0.134. The molecule has 0 aliphatic carbocycles. The van der Waals surface area contributed by atoms with Gasteiger partial charge in [0.2, 0.25) is 5.91 Å². The number of piperidine rings is 1. The summed E-state index contributed by atoms with van der Waals surface area (Å²) in [6.45, 7) is 6.05. The molecule has 24 heavy (non-hydrogen) atoms. The lowest BCUT2D eigenvalue weighted by atomic mass is 9.98. The van der Waals surface area contributed by atoms with Crippen LogP contribution in [0.5, 0.6) is 0 Å². The molecule has 1 N–H and O–H groups in total. The molecular weight excluding hydrogens is 304 g/mol. The van der Waals surface area contributed by atoms with Gasteiger partial charge in [0.05, 0.1) is 6.42 Å². The Hall–Kier alpha value is -1.69. The molecule has 1 atom stereocenters. The molecule has 1 aromatic heterocycles. The maximum atomic E-state index is 12.7. The summed E-state index contributed by atoms with van der Waals surface area (Å²) in [5, 5.41) is 0. The fourth-order valence-electron chi connectivity index (χ4n) is 3.87. The Morgan fingerprint density at radius 1 is 1.25 bits per heavy atom. The SMILES string of the molecule is Cc1ncc(CC(=O)N2CCCC[C@H]2CCN2CCCC2)c(=O)[nH]1. The molecule has 2 fully saturated rings. The van der Waals surface area contributed by atoms with Crippen molar-refractivity contribution in [2.24, 2.45) is 0 Å². The number of hydrogen-bond donors (Lipinski definition) is 1. The minimum atomic E-state index is -0.193. The summed E-state index contributed by atoms with van der Waals surface area (Å²) in [5.41, 5.74) is 0.274. The van der Waals surface area contributed by atoms with Crippen LogP contribution in [0.3, 0.4) is 0 Å². The Bertz CT molecular complexity index is 622. The van der Waals surface area contributed by atoms with Gasteiger partial charge in [-0.1, -0.05) is 0 Å². The van der Waals surface area contributed by atoms with Crippen molar-refractivity contribution < 1.29 is 4.79 Å².